The number of fused-ring (bicyclic) bond motifs is 1. The molecule has 224 valence electrons. The first-order valence-electron chi connectivity index (χ1n) is 14.5. The van der Waals surface area contributed by atoms with Gasteiger partial charge < -0.3 is 9.31 Å². The highest BCUT2D eigenvalue weighted by Crippen LogP contribution is 2.65. The van der Waals surface area contributed by atoms with Crippen molar-refractivity contribution < 1.29 is 14.1 Å². The molecule has 0 N–H and O–H groups in total. The zero-order valence-electron chi connectivity index (χ0n) is 24.7. The third-order valence-electron chi connectivity index (χ3n) is 9.07. The Labute approximate surface area is 285 Å². The minimum absolute atomic E-state index is 0.0619. The molecule has 11 heteroatoms. The third kappa shape index (κ3) is 6.76. The van der Waals surface area contributed by atoms with Crippen molar-refractivity contribution in [2.75, 3.05) is 0 Å². The van der Waals surface area contributed by atoms with Gasteiger partial charge in [0.1, 0.15) is 2.41 Å². The lowest BCUT2D eigenvalue weighted by molar-refractivity contribution is 0.00578. The fraction of sp³-hybridized carbons (Fsp3) is 0.375. The molecule has 0 atom stereocenters. The number of halogens is 2. The van der Waals surface area contributed by atoms with Gasteiger partial charge in [-0.15, -0.1) is 0 Å². The van der Waals surface area contributed by atoms with Crippen molar-refractivity contribution in [3.05, 3.63) is 95.8 Å². The average molecular weight is 837 g/mol. The minimum Gasteiger partial charge on any atom is -0.399 e. The predicted molar refractivity (Wildman–Crippen MR) is 196 cm³/mol. The molecule has 2 aliphatic rings. The number of Topliss-reactive ketones (excluding diaryl/α,β-unsaturated/α-hetero) is 1. The molecule has 2 aromatic carbocycles. The first-order chi connectivity index (χ1) is 20.5. The SMILES string of the molecule is CC1(C)OB(c2cnc3c(ccn3SP(I)I)c2C(=O)C2CC(N(Cc3ccccc3)Cc3ccccc3)C2)OC1(C)C. The van der Waals surface area contributed by atoms with E-state index in [1.54, 1.807) is 11.6 Å². The van der Waals surface area contributed by atoms with Gasteiger partial charge in [-0.1, -0.05) is 60.7 Å². The standard InChI is InChI=1S/C32H35BI2N3O3PS/c1-31(2)32(3,4)41-33(40-31)27-19-36-30-26(15-16-38(30)43-42(34)35)28(27)29(39)24-17-25(18-24)37(20-22-11-7-5-8-12-22)21-23-13-9-6-10-14-23/h5-16,19,24-25H,17-18,20-21H2,1-4H3. The molecule has 6 rings (SSSR count). The number of aromatic nitrogens is 2. The molecule has 4 aromatic rings. The Morgan fingerprint density at radius 3 is 2.07 bits per heavy atom. The summed E-state index contributed by atoms with van der Waals surface area (Å²) in [6, 6.07) is 23.6. The number of carbonyl (C=O) groups is 1. The van der Waals surface area contributed by atoms with Crippen molar-refractivity contribution in [2.24, 2.45) is 5.92 Å². The predicted octanol–water partition coefficient (Wildman–Crippen LogP) is 8.59. The third-order valence-corrected chi connectivity index (χ3v) is 13.7. The Morgan fingerprint density at radius 1 is 0.977 bits per heavy atom. The number of carbonyl (C=O) groups excluding carboxylic acids is 1. The smallest absolute Gasteiger partial charge is 0.399 e. The fourth-order valence-electron chi connectivity index (χ4n) is 5.89. The number of ketones is 1. The van der Waals surface area contributed by atoms with Gasteiger partial charge in [-0.25, -0.2) is 4.98 Å². The van der Waals surface area contributed by atoms with E-state index in [4.69, 9.17) is 14.3 Å². The van der Waals surface area contributed by atoms with Crippen LogP contribution in [0, 0.1) is 5.92 Å². The molecule has 0 bridgehead atoms. The molecule has 2 aromatic heterocycles. The van der Waals surface area contributed by atoms with Gasteiger partial charge in [0.05, 0.1) is 11.2 Å². The lowest BCUT2D eigenvalue weighted by Crippen LogP contribution is -2.48. The van der Waals surface area contributed by atoms with E-state index in [1.165, 1.54) is 11.1 Å². The maximum Gasteiger partial charge on any atom is 0.497 e. The van der Waals surface area contributed by atoms with E-state index in [1.807, 2.05) is 46.2 Å². The van der Waals surface area contributed by atoms with Crippen LogP contribution in [0.5, 0.6) is 0 Å². The lowest BCUT2D eigenvalue weighted by atomic mass is 9.69. The van der Waals surface area contributed by atoms with Crippen LogP contribution in [0.25, 0.3) is 11.0 Å². The topological polar surface area (TPSA) is 56.6 Å². The summed E-state index contributed by atoms with van der Waals surface area (Å²) >= 11 is 6.63. The largest absolute Gasteiger partial charge is 0.497 e. The first-order valence-corrected chi connectivity index (χ1v) is 22.8. The summed E-state index contributed by atoms with van der Waals surface area (Å²) in [5.41, 5.74) is 3.82. The van der Waals surface area contributed by atoms with Gasteiger partial charge in [0, 0.05) is 65.4 Å². The Balaban J connectivity index is 1.29. The van der Waals surface area contributed by atoms with Gasteiger partial charge in [-0.2, -0.15) is 0 Å². The second kappa shape index (κ2) is 13.0. The maximum atomic E-state index is 14.5. The zero-order chi connectivity index (χ0) is 30.4. The fourth-order valence-corrected chi connectivity index (χ4v) is 10.6. The number of pyridine rings is 1. The molecule has 1 saturated carbocycles. The van der Waals surface area contributed by atoms with E-state index in [-0.39, 0.29) is 14.1 Å². The zero-order valence-corrected chi connectivity index (χ0v) is 30.8. The summed E-state index contributed by atoms with van der Waals surface area (Å²) in [6.07, 6.45) is 5.50. The summed E-state index contributed by atoms with van der Waals surface area (Å²) in [5, 5.41) is 0.878. The summed E-state index contributed by atoms with van der Waals surface area (Å²) in [7, 11) is -0.647. The Kier molecular flexibility index (Phi) is 9.66. The van der Waals surface area contributed by atoms with Crippen molar-refractivity contribution in [3.63, 3.8) is 0 Å². The summed E-state index contributed by atoms with van der Waals surface area (Å²) in [4.78, 5) is 21.9. The van der Waals surface area contributed by atoms with Gasteiger partial charge in [-0.05, 0) is 102 Å². The monoisotopic (exact) mass is 837 g/mol. The van der Waals surface area contributed by atoms with Crippen molar-refractivity contribution in [2.45, 2.75) is 70.9 Å². The molecule has 43 heavy (non-hydrogen) atoms. The molecule has 0 spiro atoms. The van der Waals surface area contributed by atoms with Crippen LogP contribution in [0.4, 0.5) is 0 Å². The van der Waals surface area contributed by atoms with E-state index in [0.717, 1.165) is 42.4 Å². The van der Waals surface area contributed by atoms with Gasteiger partial charge >= 0.3 is 7.12 Å². The molecule has 0 radical (unpaired) electrons. The van der Waals surface area contributed by atoms with E-state index in [0.29, 0.717) is 11.6 Å². The highest BCUT2D eigenvalue weighted by molar-refractivity contribution is 14.3. The van der Waals surface area contributed by atoms with E-state index in [2.05, 4.69) is 114 Å². The summed E-state index contributed by atoms with van der Waals surface area (Å²) < 4.78 is 14.7. The highest BCUT2D eigenvalue weighted by atomic mass is 127. The van der Waals surface area contributed by atoms with Crippen LogP contribution < -0.4 is 5.46 Å². The number of hydrogen-bond acceptors (Lipinski definition) is 6. The van der Waals surface area contributed by atoms with Crippen LogP contribution in [0.15, 0.2) is 79.1 Å². The normalized spacial score (nSPS) is 21.1. The second-order valence-corrected chi connectivity index (χ2v) is 30.2. The van der Waals surface area contributed by atoms with Crippen LogP contribution in [0.1, 0.15) is 62.0 Å². The van der Waals surface area contributed by atoms with Gasteiger partial charge in [0.2, 0.25) is 0 Å². The minimum atomic E-state index is -0.647. The van der Waals surface area contributed by atoms with Crippen LogP contribution in [-0.4, -0.2) is 44.0 Å². The molecule has 0 amide bonds. The van der Waals surface area contributed by atoms with E-state index >= 15 is 0 Å². The van der Waals surface area contributed by atoms with Crippen molar-refractivity contribution in [3.8, 4) is 0 Å². The van der Waals surface area contributed by atoms with Gasteiger partial charge in [0.15, 0.2) is 11.4 Å². The quantitative estimate of drug-likeness (QED) is 0.0691. The molecule has 1 aliphatic heterocycles. The number of nitrogens with zero attached hydrogens (tertiary/aromatic N) is 3. The highest BCUT2D eigenvalue weighted by Gasteiger charge is 2.53. The van der Waals surface area contributed by atoms with Gasteiger partial charge in [0.25, 0.3) is 0 Å². The van der Waals surface area contributed by atoms with E-state index < -0.39 is 18.3 Å². The molecule has 1 aliphatic carbocycles. The Morgan fingerprint density at radius 2 is 1.53 bits per heavy atom. The molecule has 0 unspecified atom stereocenters. The number of hydrogen-bond donors (Lipinski definition) is 0. The maximum absolute atomic E-state index is 14.5. The summed E-state index contributed by atoms with van der Waals surface area (Å²) in [5.74, 6) is 0.106. The number of benzene rings is 2. The average Bonchev–Trinajstić information content (AvgIpc) is 3.43. The molecular formula is C32H35BI2N3O3PS. The lowest BCUT2D eigenvalue weighted by Gasteiger charge is -2.42. The first kappa shape index (κ1) is 31.9. The second-order valence-electron chi connectivity index (χ2n) is 12.4. The Hall–Kier alpha value is -1.02. The van der Waals surface area contributed by atoms with Crippen LogP contribution >= 0.6 is 58.1 Å². The molecule has 3 heterocycles. The van der Waals surface area contributed by atoms with Crippen LogP contribution in [0.3, 0.4) is 0 Å². The van der Waals surface area contributed by atoms with Crippen molar-refractivity contribution in [1.29, 1.82) is 0 Å². The van der Waals surface area contributed by atoms with E-state index in [9.17, 15) is 4.79 Å². The van der Waals surface area contributed by atoms with Crippen molar-refractivity contribution >= 4 is 87.5 Å². The molecular weight excluding hydrogens is 802 g/mol. The van der Waals surface area contributed by atoms with Crippen LogP contribution in [-0.2, 0) is 22.4 Å². The Bertz CT molecular complexity index is 1540. The molecule has 6 nitrogen and oxygen atoms in total. The van der Waals surface area contributed by atoms with Gasteiger partial charge in [-0.3, -0.25) is 13.7 Å². The van der Waals surface area contributed by atoms with Crippen molar-refractivity contribution in [1.82, 2.24) is 13.9 Å². The summed E-state index contributed by atoms with van der Waals surface area (Å²) in [6.45, 7) is 9.89. The van der Waals surface area contributed by atoms with Crippen LogP contribution in [0.2, 0.25) is 0 Å². The number of rotatable bonds is 10. The molecule has 1 saturated heterocycles. The molecule has 2 fully saturated rings.